The monoisotopic (exact) mass is 403 g/mol. The summed E-state index contributed by atoms with van der Waals surface area (Å²) < 4.78 is 38.7. The maximum atomic E-state index is 12.9. The van der Waals surface area contributed by atoms with E-state index >= 15 is 0 Å². The molecule has 1 saturated heterocycles. The molecule has 1 aromatic carbocycles. The number of likely N-dealkylation sites (tertiary alicyclic amines) is 1. The standard InChI is InChI=1S/C20H20F3N5O/c1-28-8-2-3-13(11-28)25-19-14-6-7-24-10-16(14)18(26-27-19)15-5-4-12(9-17(15)29)20(21,22)23/h4-7,9-10,13,29H,2-3,8,11H2,1H3,(H,25,27)/t13-/m1/s1. The van der Waals surface area contributed by atoms with Crippen LogP contribution in [-0.4, -0.2) is 51.4 Å². The number of anilines is 1. The number of aromatic nitrogens is 3. The number of hydrogen-bond acceptors (Lipinski definition) is 6. The topological polar surface area (TPSA) is 74.2 Å². The van der Waals surface area contributed by atoms with Gasteiger partial charge in [0.1, 0.15) is 11.4 Å². The first-order valence-electron chi connectivity index (χ1n) is 9.29. The number of nitrogens with one attached hydrogen (secondary N) is 1. The van der Waals surface area contributed by atoms with E-state index in [0.29, 0.717) is 17.3 Å². The molecule has 1 aliphatic heterocycles. The predicted octanol–water partition coefficient (Wildman–Crippen LogP) is 3.92. The van der Waals surface area contributed by atoms with Crippen molar-refractivity contribution in [3.63, 3.8) is 0 Å². The Balaban J connectivity index is 1.74. The first-order chi connectivity index (χ1) is 13.8. The maximum absolute atomic E-state index is 12.9. The molecule has 1 atom stereocenters. The van der Waals surface area contributed by atoms with Crippen LogP contribution in [0.15, 0.2) is 36.7 Å². The summed E-state index contributed by atoms with van der Waals surface area (Å²) in [5, 5.41) is 23.5. The quantitative estimate of drug-likeness (QED) is 0.691. The van der Waals surface area contributed by atoms with Crippen molar-refractivity contribution in [3.05, 3.63) is 42.2 Å². The highest BCUT2D eigenvalue weighted by atomic mass is 19.4. The predicted molar refractivity (Wildman–Crippen MR) is 104 cm³/mol. The van der Waals surface area contributed by atoms with Crippen LogP contribution in [0, 0.1) is 0 Å². The molecule has 0 amide bonds. The van der Waals surface area contributed by atoms with Gasteiger partial charge in [-0.05, 0) is 50.7 Å². The molecule has 9 heteroatoms. The van der Waals surface area contributed by atoms with E-state index in [1.54, 1.807) is 18.5 Å². The van der Waals surface area contributed by atoms with E-state index in [1.807, 2.05) is 0 Å². The Kier molecular flexibility index (Phi) is 4.99. The smallest absolute Gasteiger partial charge is 0.416 e. The van der Waals surface area contributed by atoms with Gasteiger partial charge in [0.05, 0.1) is 5.56 Å². The zero-order valence-corrected chi connectivity index (χ0v) is 15.7. The molecule has 0 unspecified atom stereocenters. The molecule has 0 bridgehead atoms. The van der Waals surface area contributed by atoms with E-state index in [4.69, 9.17) is 0 Å². The van der Waals surface area contributed by atoms with Gasteiger partial charge >= 0.3 is 6.18 Å². The lowest BCUT2D eigenvalue weighted by Crippen LogP contribution is -2.40. The van der Waals surface area contributed by atoms with Crippen LogP contribution in [0.3, 0.4) is 0 Å². The average Bonchev–Trinajstić information content (AvgIpc) is 2.68. The van der Waals surface area contributed by atoms with Crippen molar-refractivity contribution in [2.45, 2.75) is 25.1 Å². The maximum Gasteiger partial charge on any atom is 0.416 e. The molecule has 6 nitrogen and oxygen atoms in total. The Morgan fingerprint density at radius 2 is 2.00 bits per heavy atom. The zero-order valence-electron chi connectivity index (χ0n) is 15.7. The SMILES string of the molecule is CN1CCC[C@@H](Nc2nnc(-c3ccc(C(F)(F)F)cc3O)c3cnccc23)C1. The third-order valence-electron chi connectivity index (χ3n) is 5.13. The molecule has 3 heterocycles. The number of hydrogen-bond donors (Lipinski definition) is 2. The summed E-state index contributed by atoms with van der Waals surface area (Å²) in [5.74, 6) is 0.0896. The summed E-state index contributed by atoms with van der Waals surface area (Å²) >= 11 is 0. The molecular formula is C20H20F3N5O. The van der Waals surface area contributed by atoms with Gasteiger partial charge in [-0.25, -0.2) is 0 Å². The molecule has 29 heavy (non-hydrogen) atoms. The molecule has 0 radical (unpaired) electrons. The van der Waals surface area contributed by atoms with Gasteiger partial charge in [-0.2, -0.15) is 13.2 Å². The Morgan fingerprint density at radius 3 is 2.72 bits per heavy atom. The second-order valence-electron chi connectivity index (χ2n) is 7.29. The van der Waals surface area contributed by atoms with Crippen LogP contribution in [0.2, 0.25) is 0 Å². The molecular weight excluding hydrogens is 383 g/mol. The Bertz CT molecular complexity index is 1040. The van der Waals surface area contributed by atoms with Crippen LogP contribution in [0.4, 0.5) is 19.0 Å². The number of fused-ring (bicyclic) bond motifs is 1. The van der Waals surface area contributed by atoms with Crippen molar-refractivity contribution >= 4 is 16.6 Å². The average molecular weight is 403 g/mol. The number of halogens is 3. The van der Waals surface area contributed by atoms with Crippen molar-refractivity contribution in [2.75, 3.05) is 25.5 Å². The number of phenolic OH excluding ortho intramolecular Hbond substituents is 1. The number of phenols is 1. The van der Waals surface area contributed by atoms with Crippen LogP contribution in [0.1, 0.15) is 18.4 Å². The third kappa shape index (κ3) is 3.95. The zero-order chi connectivity index (χ0) is 20.6. The lowest BCUT2D eigenvalue weighted by molar-refractivity contribution is -0.137. The van der Waals surface area contributed by atoms with Crippen LogP contribution in [0.5, 0.6) is 5.75 Å². The van der Waals surface area contributed by atoms with Gasteiger partial charge in [-0.1, -0.05) is 0 Å². The number of alkyl halides is 3. The number of aromatic hydroxyl groups is 1. The normalized spacial score (nSPS) is 18.1. The lowest BCUT2D eigenvalue weighted by Gasteiger charge is -2.30. The summed E-state index contributed by atoms with van der Waals surface area (Å²) in [4.78, 5) is 6.36. The molecule has 0 saturated carbocycles. The molecule has 4 rings (SSSR count). The minimum Gasteiger partial charge on any atom is -0.507 e. The van der Waals surface area contributed by atoms with E-state index in [-0.39, 0.29) is 17.3 Å². The highest BCUT2D eigenvalue weighted by Gasteiger charge is 2.31. The summed E-state index contributed by atoms with van der Waals surface area (Å²) in [6.07, 6.45) is 0.762. The van der Waals surface area contributed by atoms with Crippen molar-refractivity contribution in [1.29, 1.82) is 0 Å². The molecule has 3 aromatic rings. The Hall–Kier alpha value is -2.94. The highest BCUT2D eigenvalue weighted by molar-refractivity contribution is 6.00. The van der Waals surface area contributed by atoms with Gasteiger partial charge < -0.3 is 15.3 Å². The van der Waals surface area contributed by atoms with E-state index in [9.17, 15) is 18.3 Å². The molecule has 0 spiro atoms. The third-order valence-corrected chi connectivity index (χ3v) is 5.13. The minimum absolute atomic E-state index is 0.174. The number of nitrogens with zero attached hydrogens (tertiary/aromatic N) is 4. The van der Waals surface area contributed by atoms with E-state index in [2.05, 4.69) is 32.4 Å². The fourth-order valence-electron chi connectivity index (χ4n) is 3.69. The number of pyridine rings is 1. The van der Waals surface area contributed by atoms with Crippen molar-refractivity contribution in [1.82, 2.24) is 20.1 Å². The van der Waals surface area contributed by atoms with E-state index in [1.165, 1.54) is 6.07 Å². The molecule has 1 fully saturated rings. The molecule has 1 aliphatic rings. The van der Waals surface area contributed by atoms with Gasteiger partial charge in [-0.3, -0.25) is 4.98 Å². The summed E-state index contributed by atoms with van der Waals surface area (Å²) in [7, 11) is 2.07. The molecule has 2 aromatic heterocycles. The van der Waals surface area contributed by atoms with Crippen LogP contribution < -0.4 is 5.32 Å². The minimum atomic E-state index is -4.54. The van der Waals surface area contributed by atoms with Gasteiger partial charge in [0.2, 0.25) is 0 Å². The first-order valence-corrected chi connectivity index (χ1v) is 9.29. The van der Waals surface area contributed by atoms with Gasteiger partial charge in [-0.15, -0.1) is 10.2 Å². The fraction of sp³-hybridized carbons (Fsp3) is 0.350. The largest absolute Gasteiger partial charge is 0.507 e. The van der Waals surface area contributed by atoms with Gasteiger partial charge in [0, 0.05) is 41.3 Å². The van der Waals surface area contributed by atoms with Crippen molar-refractivity contribution in [3.8, 4) is 17.0 Å². The fourth-order valence-corrected chi connectivity index (χ4v) is 3.69. The van der Waals surface area contributed by atoms with Crippen LogP contribution in [-0.2, 0) is 6.18 Å². The van der Waals surface area contributed by atoms with E-state index in [0.717, 1.165) is 37.4 Å². The second-order valence-corrected chi connectivity index (χ2v) is 7.29. The highest BCUT2D eigenvalue weighted by Crippen LogP contribution is 2.38. The van der Waals surface area contributed by atoms with Crippen molar-refractivity contribution < 1.29 is 18.3 Å². The number of benzene rings is 1. The van der Waals surface area contributed by atoms with Crippen LogP contribution in [0.25, 0.3) is 22.0 Å². The van der Waals surface area contributed by atoms with Gasteiger partial charge in [0.25, 0.3) is 0 Å². The lowest BCUT2D eigenvalue weighted by atomic mass is 10.0. The molecule has 152 valence electrons. The number of rotatable bonds is 3. The number of piperidine rings is 1. The summed E-state index contributed by atoms with van der Waals surface area (Å²) in [6.45, 7) is 1.94. The summed E-state index contributed by atoms with van der Waals surface area (Å²) in [5.41, 5.74) is -0.466. The van der Waals surface area contributed by atoms with E-state index < -0.39 is 17.5 Å². The molecule has 0 aliphatic carbocycles. The van der Waals surface area contributed by atoms with Gasteiger partial charge in [0.15, 0.2) is 5.82 Å². The molecule has 2 N–H and O–H groups in total. The Morgan fingerprint density at radius 1 is 1.17 bits per heavy atom. The summed E-state index contributed by atoms with van der Waals surface area (Å²) in [6, 6.07) is 4.83. The number of likely N-dealkylation sites (N-methyl/N-ethyl adjacent to an activating group) is 1. The first kappa shape index (κ1) is 19.4. The second kappa shape index (κ2) is 7.47. The Labute approximate surface area is 165 Å². The van der Waals surface area contributed by atoms with Crippen molar-refractivity contribution in [2.24, 2.45) is 0 Å². The van der Waals surface area contributed by atoms with Crippen LogP contribution >= 0.6 is 0 Å².